The Morgan fingerprint density at radius 1 is 1.00 bits per heavy atom. The van der Waals surface area contributed by atoms with Crippen molar-refractivity contribution >= 4 is 34.4 Å². The van der Waals surface area contributed by atoms with E-state index in [1.807, 2.05) is 74.5 Å². The van der Waals surface area contributed by atoms with Gasteiger partial charge in [0.05, 0.1) is 11.7 Å². The molecule has 0 atom stereocenters. The van der Waals surface area contributed by atoms with Gasteiger partial charge >= 0.3 is 0 Å². The highest BCUT2D eigenvalue weighted by molar-refractivity contribution is 5.92. The second-order valence-corrected chi connectivity index (χ2v) is 8.46. The summed E-state index contributed by atoms with van der Waals surface area (Å²) >= 11 is 0. The molecule has 43 heavy (non-hydrogen) atoms. The second-order valence-electron chi connectivity index (χ2n) is 8.46. The number of fused-ring (bicyclic) bond motifs is 1. The summed E-state index contributed by atoms with van der Waals surface area (Å²) < 4.78 is 10.8. The molecule has 4 N–H and O–H groups in total. The third kappa shape index (κ3) is 12.4. The average Bonchev–Trinajstić information content (AvgIpc) is 2.93. The molecular formula is C27H29N7O9. The number of aromatic nitrogens is 3. The minimum absolute atomic E-state index is 0.0475. The predicted octanol–water partition coefficient (Wildman–Crippen LogP) is 4.26. The maximum absolute atomic E-state index is 11.5. The highest BCUT2D eigenvalue weighted by Crippen LogP contribution is 2.30. The molecule has 0 spiro atoms. The van der Waals surface area contributed by atoms with Crippen molar-refractivity contribution in [2.45, 2.75) is 13.8 Å². The van der Waals surface area contributed by atoms with Gasteiger partial charge in [-0.1, -0.05) is 18.2 Å². The van der Waals surface area contributed by atoms with Crippen LogP contribution in [0.2, 0.25) is 0 Å². The number of rotatable bonds is 9. The molecule has 0 unspecified atom stereocenters. The van der Waals surface area contributed by atoms with Crippen LogP contribution in [-0.4, -0.2) is 61.7 Å². The number of nitrogens with zero attached hydrogens (tertiary/aromatic N) is 5. The second kappa shape index (κ2) is 17.0. The zero-order valence-electron chi connectivity index (χ0n) is 23.3. The van der Waals surface area contributed by atoms with E-state index in [0.29, 0.717) is 18.1 Å². The number of aryl methyl sites for hydroxylation is 2. The predicted molar refractivity (Wildman–Crippen MR) is 155 cm³/mol. The molecule has 16 nitrogen and oxygen atoms in total. The molecule has 0 aliphatic rings. The first-order valence-corrected chi connectivity index (χ1v) is 12.3. The molecule has 0 saturated heterocycles. The molecule has 16 heteroatoms. The molecule has 0 fully saturated rings. The number of hydrogen-bond acceptors (Lipinski definition) is 11. The number of hydrogen-bond donors (Lipinski definition) is 4. The molecule has 2 aromatic heterocycles. The van der Waals surface area contributed by atoms with Crippen LogP contribution in [0, 0.1) is 34.1 Å². The normalized spacial score (nSPS) is 10.1. The van der Waals surface area contributed by atoms with Crippen molar-refractivity contribution in [3.63, 3.8) is 0 Å². The highest BCUT2D eigenvalue weighted by atomic mass is 16.9. The summed E-state index contributed by atoms with van der Waals surface area (Å²) in [5.74, 6) is 2.01. The molecule has 2 heterocycles. The first-order chi connectivity index (χ1) is 20.5. The average molecular weight is 596 g/mol. The molecule has 0 radical (unpaired) electrons. The fourth-order valence-electron chi connectivity index (χ4n) is 3.45. The summed E-state index contributed by atoms with van der Waals surface area (Å²) in [5, 5.41) is 34.3. The van der Waals surface area contributed by atoms with Gasteiger partial charge in [0.25, 0.3) is 10.2 Å². The van der Waals surface area contributed by atoms with Gasteiger partial charge < -0.3 is 30.5 Å². The third-order valence-electron chi connectivity index (χ3n) is 5.21. The summed E-state index contributed by atoms with van der Waals surface area (Å²) in [7, 11) is 1.49. The molecule has 1 amide bonds. The standard InChI is InChI=1S/C27H27N5O3.2HNO3/c1-18-13-21(8-11-25(18)35-22-9-6-19(2)29-15-22)32-27-23-14-20(7-10-24(23)30-17-31-27)5-4-12-28-26(33)16-34-3;2*2-1(3)4/h4-11,13-15,17H,12,16H2,1-3H3,(H,28,33)(H,30,31,32);2*(H,2,3,4). The van der Waals surface area contributed by atoms with E-state index in [4.69, 9.17) is 40.1 Å². The Bertz CT molecular complexity index is 1540. The van der Waals surface area contributed by atoms with Crippen molar-refractivity contribution in [1.82, 2.24) is 20.3 Å². The number of amides is 1. The Kier molecular flexibility index (Phi) is 13.2. The molecule has 0 saturated carbocycles. The van der Waals surface area contributed by atoms with Crippen LogP contribution < -0.4 is 15.4 Å². The van der Waals surface area contributed by atoms with Crippen LogP contribution in [0.1, 0.15) is 16.8 Å². The van der Waals surface area contributed by atoms with Gasteiger partial charge in [-0.05, 0) is 67.4 Å². The van der Waals surface area contributed by atoms with E-state index >= 15 is 0 Å². The van der Waals surface area contributed by atoms with Crippen LogP contribution >= 0.6 is 0 Å². The molecular weight excluding hydrogens is 566 g/mol. The van der Waals surface area contributed by atoms with Gasteiger partial charge in [0.1, 0.15) is 30.3 Å². The van der Waals surface area contributed by atoms with Crippen molar-refractivity contribution in [3.05, 3.63) is 104 Å². The number of carbonyl (C=O) groups is 1. The highest BCUT2D eigenvalue weighted by Gasteiger charge is 2.08. The van der Waals surface area contributed by atoms with Crippen molar-refractivity contribution in [2.75, 3.05) is 25.6 Å². The van der Waals surface area contributed by atoms with Crippen LogP contribution in [0.25, 0.3) is 17.0 Å². The van der Waals surface area contributed by atoms with Gasteiger partial charge in [0.2, 0.25) is 5.91 Å². The van der Waals surface area contributed by atoms with Crippen LogP contribution in [0.15, 0.2) is 67.1 Å². The number of carbonyl (C=O) groups excluding carboxylic acids is 1. The Labute approximate surface area is 244 Å². The van der Waals surface area contributed by atoms with Gasteiger partial charge in [0, 0.05) is 30.4 Å². The Balaban J connectivity index is 0.000000719. The van der Waals surface area contributed by atoms with Crippen molar-refractivity contribution in [1.29, 1.82) is 0 Å². The SMILES string of the molecule is COCC(=O)NCC=Cc1ccc2ncnc(Nc3ccc(Oc4ccc(C)nc4)c(C)c3)c2c1.O=[N+]([O-])O.O=[N+]([O-])O. The molecule has 0 bridgehead atoms. The lowest BCUT2D eigenvalue weighted by Gasteiger charge is -2.12. The van der Waals surface area contributed by atoms with Crippen molar-refractivity contribution in [2.24, 2.45) is 0 Å². The van der Waals surface area contributed by atoms with E-state index in [-0.39, 0.29) is 12.5 Å². The molecule has 0 aliphatic carbocycles. The van der Waals surface area contributed by atoms with E-state index in [9.17, 15) is 4.79 Å². The van der Waals surface area contributed by atoms with Gasteiger partial charge in [-0.3, -0.25) is 9.78 Å². The lowest BCUT2D eigenvalue weighted by Crippen LogP contribution is -2.26. The smallest absolute Gasteiger partial charge is 0.291 e. The summed E-state index contributed by atoms with van der Waals surface area (Å²) in [6.07, 6.45) is 7.09. The van der Waals surface area contributed by atoms with Crippen LogP contribution in [0.3, 0.4) is 0 Å². The van der Waals surface area contributed by atoms with Gasteiger partial charge in [0.15, 0.2) is 0 Å². The summed E-state index contributed by atoms with van der Waals surface area (Å²) in [6.45, 7) is 4.40. The fourth-order valence-corrected chi connectivity index (χ4v) is 3.45. The zero-order valence-corrected chi connectivity index (χ0v) is 23.3. The van der Waals surface area contributed by atoms with Crippen LogP contribution in [-0.2, 0) is 9.53 Å². The summed E-state index contributed by atoms with van der Waals surface area (Å²) in [4.78, 5) is 41.3. The Morgan fingerprint density at radius 2 is 1.72 bits per heavy atom. The van der Waals surface area contributed by atoms with E-state index < -0.39 is 10.2 Å². The van der Waals surface area contributed by atoms with Crippen molar-refractivity contribution in [3.8, 4) is 11.5 Å². The number of nitrogens with one attached hydrogen (secondary N) is 2. The van der Waals surface area contributed by atoms with E-state index in [2.05, 4.69) is 25.6 Å². The van der Waals surface area contributed by atoms with Gasteiger partial charge in [-0.2, -0.15) is 0 Å². The van der Waals surface area contributed by atoms with E-state index in [0.717, 1.165) is 39.2 Å². The maximum Gasteiger partial charge on any atom is 0.291 e. The molecule has 0 aliphatic heterocycles. The third-order valence-corrected chi connectivity index (χ3v) is 5.21. The van der Waals surface area contributed by atoms with Crippen LogP contribution in [0.5, 0.6) is 11.5 Å². The lowest BCUT2D eigenvalue weighted by atomic mass is 10.1. The molecule has 226 valence electrons. The number of methoxy groups -OCH3 is 1. The number of anilines is 2. The topological polar surface area (TPSA) is 225 Å². The molecule has 4 rings (SSSR count). The minimum Gasteiger partial charge on any atom is -0.455 e. The summed E-state index contributed by atoms with van der Waals surface area (Å²) in [6, 6.07) is 15.6. The first-order valence-electron chi connectivity index (χ1n) is 12.3. The molecule has 4 aromatic rings. The number of pyridine rings is 1. The summed E-state index contributed by atoms with van der Waals surface area (Å²) in [5.41, 5.74) is 4.62. The largest absolute Gasteiger partial charge is 0.455 e. The first kappa shape index (κ1) is 33.3. The van der Waals surface area contributed by atoms with Gasteiger partial charge in [-0.15, -0.1) is 20.2 Å². The van der Waals surface area contributed by atoms with Crippen molar-refractivity contribution < 1.29 is 34.9 Å². The monoisotopic (exact) mass is 595 g/mol. The minimum atomic E-state index is -1.50. The van der Waals surface area contributed by atoms with Gasteiger partial charge in [-0.25, -0.2) is 9.97 Å². The van der Waals surface area contributed by atoms with E-state index in [1.54, 1.807) is 12.5 Å². The van der Waals surface area contributed by atoms with E-state index in [1.165, 1.54) is 7.11 Å². The maximum atomic E-state index is 11.5. The zero-order chi connectivity index (χ0) is 31.8. The lowest BCUT2D eigenvalue weighted by molar-refractivity contribution is -0.742. The number of benzene rings is 2. The number of ether oxygens (including phenoxy) is 2. The van der Waals surface area contributed by atoms with Crippen LogP contribution in [0.4, 0.5) is 11.5 Å². The molecule has 2 aromatic carbocycles. The Hall–Kier alpha value is -5.90. The fraction of sp³-hybridized carbons (Fsp3) is 0.185. The quantitative estimate of drug-likeness (QED) is 0.157. The Morgan fingerprint density at radius 3 is 2.35 bits per heavy atom.